The minimum absolute atomic E-state index is 0.00269. The third-order valence-corrected chi connectivity index (χ3v) is 3.09. The Morgan fingerprint density at radius 2 is 1.70 bits per heavy atom. The second-order valence-electron chi connectivity index (χ2n) is 4.92. The summed E-state index contributed by atoms with van der Waals surface area (Å²) in [7, 11) is 0. The number of nitrogens with zero attached hydrogens (tertiary/aromatic N) is 1. The molecule has 2 aromatic carbocycles. The second-order valence-corrected chi connectivity index (χ2v) is 4.92. The lowest BCUT2D eigenvalue weighted by molar-refractivity contribution is 0.0989. The van der Waals surface area contributed by atoms with Crippen LogP contribution in [0.3, 0.4) is 0 Å². The molecule has 0 heterocycles. The zero-order valence-corrected chi connectivity index (χ0v) is 12.0. The molecule has 0 unspecified atom stereocenters. The van der Waals surface area contributed by atoms with Crippen LogP contribution in [0.25, 0.3) is 0 Å². The Kier molecular flexibility index (Phi) is 4.36. The highest BCUT2D eigenvalue weighted by Gasteiger charge is 2.16. The molecule has 1 amide bonds. The molecule has 0 aliphatic heterocycles. The van der Waals surface area contributed by atoms with Gasteiger partial charge in [-0.3, -0.25) is 4.79 Å². The topological polar surface area (TPSA) is 20.3 Å². The van der Waals surface area contributed by atoms with Crippen LogP contribution in [0.15, 0.2) is 61.2 Å². The van der Waals surface area contributed by atoms with E-state index in [2.05, 4.69) is 12.6 Å². The van der Waals surface area contributed by atoms with Gasteiger partial charge in [-0.05, 0) is 38.1 Å². The van der Waals surface area contributed by atoms with E-state index in [0.29, 0.717) is 12.1 Å². The quantitative estimate of drug-likeness (QED) is 0.761. The highest BCUT2D eigenvalue weighted by Crippen LogP contribution is 2.18. The van der Waals surface area contributed by atoms with Gasteiger partial charge in [-0.1, -0.05) is 41.5 Å². The third-order valence-electron chi connectivity index (χ3n) is 3.09. The van der Waals surface area contributed by atoms with Crippen molar-refractivity contribution in [1.82, 2.24) is 0 Å². The van der Waals surface area contributed by atoms with Crippen LogP contribution in [0.2, 0.25) is 0 Å². The molecular weight excluding hydrogens is 246 g/mol. The molecule has 2 aromatic rings. The molecule has 20 heavy (non-hydrogen) atoms. The van der Waals surface area contributed by atoms with Crippen LogP contribution in [0.1, 0.15) is 21.5 Å². The van der Waals surface area contributed by atoms with E-state index < -0.39 is 0 Å². The minimum atomic E-state index is 0.00269. The standard InChI is InChI=1S/C18H19NO/c1-4-10-19(17-8-6-5-7-9-17)18(20)16-12-14(2)11-15(3)13-16/h4-9,11-13H,1,10H2,2-3H3. The van der Waals surface area contributed by atoms with E-state index in [1.165, 1.54) is 0 Å². The zero-order chi connectivity index (χ0) is 14.5. The Labute approximate surface area is 120 Å². The van der Waals surface area contributed by atoms with Gasteiger partial charge in [0.2, 0.25) is 0 Å². The van der Waals surface area contributed by atoms with E-state index in [1.807, 2.05) is 56.3 Å². The highest BCUT2D eigenvalue weighted by atomic mass is 16.2. The summed E-state index contributed by atoms with van der Waals surface area (Å²) >= 11 is 0. The van der Waals surface area contributed by atoms with Crippen LogP contribution in [0, 0.1) is 13.8 Å². The molecule has 0 N–H and O–H groups in total. The number of hydrogen-bond acceptors (Lipinski definition) is 1. The number of aryl methyl sites for hydroxylation is 2. The summed E-state index contributed by atoms with van der Waals surface area (Å²) in [5.74, 6) is 0.00269. The van der Waals surface area contributed by atoms with Crippen molar-refractivity contribution in [2.75, 3.05) is 11.4 Å². The van der Waals surface area contributed by atoms with Crippen molar-refractivity contribution in [3.05, 3.63) is 77.9 Å². The number of rotatable bonds is 4. The first-order valence-electron chi connectivity index (χ1n) is 6.68. The van der Waals surface area contributed by atoms with Crippen LogP contribution >= 0.6 is 0 Å². The number of amides is 1. The van der Waals surface area contributed by atoms with Gasteiger partial charge in [0.15, 0.2) is 0 Å². The fourth-order valence-corrected chi connectivity index (χ4v) is 2.30. The average molecular weight is 265 g/mol. The van der Waals surface area contributed by atoms with Gasteiger partial charge in [0.25, 0.3) is 5.91 Å². The molecule has 0 spiro atoms. The van der Waals surface area contributed by atoms with Gasteiger partial charge < -0.3 is 4.90 Å². The van der Waals surface area contributed by atoms with Crippen molar-refractivity contribution in [2.45, 2.75) is 13.8 Å². The smallest absolute Gasteiger partial charge is 0.258 e. The van der Waals surface area contributed by atoms with Crippen molar-refractivity contribution >= 4 is 11.6 Å². The van der Waals surface area contributed by atoms with E-state index in [0.717, 1.165) is 16.8 Å². The van der Waals surface area contributed by atoms with Crippen LogP contribution in [-0.4, -0.2) is 12.5 Å². The van der Waals surface area contributed by atoms with Gasteiger partial charge in [-0.2, -0.15) is 0 Å². The Bertz CT molecular complexity index is 596. The summed E-state index contributed by atoms with van der Waals surface area (Å²) in [4.78, 5) is 14.5. The van der Waals surface area contributed by atoms with Crippen LogP contribution in [0.4, 0.5) is 5.69 Å². The third kappa shape index (κ3) is 3.15. The first kappa shape index (κ1) is 14.1. The summed E-state index contributed by atoms with van der Waals surface area (Å²) in [5, 5.41) is 0. The van der Waals surface area contributed by atoms with Gasteiger partial charge >= 0.3 is 0 Å². The van der Waals surface area contributed by atoms with Crippen molar-refractivity contribution in [3.63, 3.8) is 0 Å². The summed E-state index contributed by atoms with van der Waals surface area (Å²) in [6, 6.07) is 15.6. The molecule has 102 valence electrons. The molecule has 0 radical (unpaired) electrons. The molecule has 0 fully saturated rings. The molecule has 2 rings (SSSR count). The van der Waals surface area contributed by atoms with Gasteiger partial charge in [0, 0.05) is 17.8 Å². The number of carbonyl (C=O) groups excluding carboxylic acids is 1. The van der Waals surface area contributed by atoms with Crippen molar-refractivity contribution < 1.29 is 4.79 Å². The van der Waals surface area contributed by atoms with E-state index in [9.17, 15) is 4.79 Å². The SMILES string of the molecule is C=CCN(C(=O)c1cc(C)cc(C)c1)c1ccccc1. The van der Waals surface area contributed by atoms with E-state index in [-0.39, 0.29) is 5.91 Å². The van der Waals surface area contributed by atoms with E-state index >= 15 is 0 Å². The molecule has 0 bridgehead atoms. The van der Waals surface area contributed by atoms with Crippen LogP contribution in [0.5, 0.6) is 0 Å². The van der Waals surface area contributed by atoms with Gasteiger partial charge in [-0.15, -0.1) is 6.58 Å². The number of para-hydroxylation sites is 1. The number of hydrogen-bond donors (Lipinski definition) is 0. The number of benzene rings is 2. The minimum Gasteiger partial charge on any atom is -0.305 e. The Morgan fingerprint density at radius 3 is 2.25 bits per heavy atom. The van der Waals surface area contributed by atoms with Crippen molar-refractivity contribution in [2.24, 2.45) is 0 Å². The average Bonchev–Trinajstić information content (AvgIpc) is 2.44. The number of anilines is 1. The second kappa shape index (κ2) is 6.20. The lowest BCUT2D eigenvalue weighted by Crippen LogP contribution is -2.31. The lowest BCUT2D eigenvalue weighted by Gasteiger charge is -2.21. The maximum atomic E-state index is 12.7. The predicted molar refractivity (Wildman–Crippen MR) is 84.2 cm³/mol. The molecule has 2 nitrogen and oxygen atoms in total. The largest absolute Gasteiger partial charge is 0.305 e. The normalized spacial score (nSPS) is 10.1. The molecule has 2 heteroatoms. The first-order chi connectivity index (χ1) is 9.61. The summed E-state index contributed by atoms with van der Waals surface area (Å²) in [6.45, 7) is 8.25. The summed E-state index contributed by atoms with van der Waals surface area (Å²) in [6.07, 6.45) is 1.74. The van der Waals surface area contributed by atoms with Gasteiger partial charge in [0.1, 0.15) is 0 Å². The summed E-state index contributed by atoms with van der Waals surface area (Å²) < 4.78 is 0. The Balaban J connectivity index is 2.39. The molecule has 0 saturated heterocycles. The molecular formula is C18H19NO. The predicted octanol–water partition coefficient (Wildman–Crippen LogP) is 4.14. The summed E-state index contributed by atoms with van der Waals surface area (Å²) in [5.41, 5.74) is 3.80. The van der Waals surface area contributed by atoms with Crippen LogP contribution < -0.4 is 4.90 Å². The molecule has 0 aliphatic carbocycles. The Morgan fingerprint density at radius 1 is 1.10 bits per heavy atom. The monoisotopic (exact) mass is 265 g/mol. The fraction of sp³-hybridized carbons (Fsp3) is 0.167. The molecule has 0 atom stereocenters. The zero-order valence-electron chi connectivity index (χ0n) is 12.0. The van der Waals surface area contributed by atoms with E-state index in [1.54, 1.807) is 11.0 Å². The van der Waals surface area contributed by atoms with Gasteiger partial charge in [-0.25, -0.2) is 0 Å². The van der Waals surface area contributed by atoms with Crippen molar-refractivity contribution in [1.29, 1.82) is 0 Å². The molecule has 0 aromatic heterocycles. The van der Waals surface area contributed by atoms with E-state index in [4.69, 9.17) is 0 Å². The maximum absolute atomic E-state index is 12.7. The lowest BCUT2D eigenvalue weighted by atomic mass is 10.1. The Hall–Kier alpha value is -2.35. The van der Waals surface area contributed by atoms with Crippen molar-refractivity contribution in [3.8, 4) is 0 Å². The highest BCUT2D eigenvalue weighted by molar-refractivity contribution is 6.06. The fourth-order valence-electron chi connectivity index (χ4n) is 2.30. The van der Waals surface area contributed by atoms with Crippen LogP contribution in [-0.2, 0) is 0 Å². The van der Waals surface area contributed by atoms with Gasteiger partial charge in [0.05, 0.1) is 0 Å². The number of carbonyl (C=O) groups is 1. The molecule has 0 saturated carbocycles. The maximum Gasteiger partial charge on any atom is 0.258 e. The molecule has 0 aliphatic rings. The first-order valence-corrected chi connectivity index (χ1v) is 6.68.